The standard InChI is InChI=1S/C24H28FN3O5/c1-4-13-30-20-12-11-16(15-21(20)31-14-5-2)22-23(28-33-27-22)26-24(29)18(6-3)32-19-10-8-7-9-17(19)25/h7-12,15,18H,4-6,13-14H2,1-3H3,(H,26,28,29). The molecule has 0 bridgehead atoms. The van der Waals surface area contributed by atoms with Crippen LogP contribution in [0.4, 0.5) is 10.2 Å². The zero-order chi connectivity index (χ0) is 23.6. The molecule has 8 nitrogen and oxygen atoms in total. The summed E-state index contributed by atoms with van der Waals surface area (Å²) in [5.74, 6) is 0.274. The van der Waals surface area contributed by atoms with Gasteiger partial charge in [0.1, 0.15) is 0 Å². The van der Waals surface area contributed by atoms with Gasteiger partial charge in [0.25, 0.3) is 5.91 Å². The van der Waals surface area contributed by atoms with E-state index >= 15 is 0 Å². The third-order valence-corrected chi connectivity index (χ3v) is 4.64. The average molecular weight is 458 g/mol. The van der Waals surface area contributed by atoms with E-state index in [-0.39, 0.29) is 11.6 Å². The molecule has 1 unspecified atom stereocenters. The minimum absolute atomic E-state index is 0.00150. The first-order chi connectivity index (χ1) is 16.1. The number of nitrogens with zero attached hydrogens (tertiary/aromatic N) is 2. The van der Waals surface area contributed by atoms with Crippen molar-refractivity contribution in [2.75, 3.05) is 18.5 Å². The van der Waals surface area contributed by atoms with E-state index in [9.17, 15) is 9.18 Å². The van der Waals surface area contributed by atoms with Crippen LogP contribution in [-0.2, 0) is 4.79 Å². The van der Waals surface area contributed by atoms with E-state index in [4.69, 9.17) is 18.8 Å². The first-order valence-corrected chi connectivity index (χ1v) is 11.0. The summed E-state index contributed by atoms with van der Waals surface area (Å²) >= 11 is 0. The van der Waals surface area contributed by atoms with Gasteiger partial charge in [-0.3, -0.25) is 4.79 Å². The van der Waals surface area contributed by atoms with Gasteiger partial charge in [-0.2, -0.15) is 0 Å². The zero-order valence-electron chi connectivity index (χ0n) is 19.0. The Morgan fingerprint density at radius 2 is 1.73 bits per heavy atom. The second-order valence-corrected chi connectivity index (χ2v) is 7.25. The Kier molecular flexibility index (Phi) is 8.63. The van der Waals surface area contributed by atoms with Crippen LogP contribution in [0, 0.1) is 5.82 Å². The van der Waals surface area contributed by atoms with Crippen molar-refractivity contribution in [1.82, 2.24) is 10.3 Å². The summed E-state index contributed by atoms with van der Waals surface area (Å²) in [5, 5.41) is 10.4. The summed E-state index contributed by atoms with van der Waals surface area (Å²) in [6.45, 7) is 6.89. The quantitative estimate of drug-likeness (QED) is 0.397. The number of anilines is 1. The highest BCUT2D eigenvalue weighted by molar-refractivity contribution is 5.96. The van der Waals surface area contributed by atoms with Crippen LogP contribution < -0.4 is 19.5 Å². The molecule has 33 heavy (non-hydrogen) atoms. The second kappa shape index (κ2) is 11.8. The number of hydrogen-bond acceptors (Lipinski definition) is 7. The predicted molar refractivity (Wildman–Crippen MR) is 121 cm³/mol. The lowest BCUT2D eigenvalue weighted by molar-refractivity contribution is -0.122. The molecular formula is C24H28FN3O5. The maximum Gasteiger partial charge on any atom is 0.266 e. The van der Waals surface area contributed by atoms with Gasteiger partial charge in [-0.05, 0) is 59.9 Å². The molecule has 0 fully saturated rings. The molecular weight excluding hydrogens is 429 g/mol. The van der Waals surface area contributed by atoms with Crippen molar-refractivity contribution in [3.05, 3.63) is 48.3 Å². The Labute approximate surface area is 192 Å². The summed E-state index contributed by atoms with van der Waals surface area (Å²) < 4.78 is 36.0. The van der Waals surface area contributed by atoms with Crippen molar-refractivity contribution in [2.45, 2.75) is 46.1 Å². The van der Waals surface area contributed by atoms with E-state index in [1.807, 2.05) is 13.8 Å². The van der Waals surface area contributed by atoms with Crippen molar-refractivity contribution >= 4 is 11.7 Å². The summed E-state index contributed by atoms with van der Waals surface area (Å²) in [5.41, 5.74) is 0.956. The van der Waals surface area contributed by atoms with E-state index < -0.39 is 17.8 Å². The van der Waals surface area contributed by atoms with Gasteiger partial charge in [0.05, 0.1) is 13.2 Å². The molecule has 0 spiro atoms. The molecule has 0 aliphatic rings. The molecule has 1 N–H and O–H groups in total. The number of halogens is 1. The minimum Gasteiger partial charge on any atom is -0.490 e. The van der Waals surface area contributed by atoms with Gasteiger partial charge < -0.3 is 19.5 Å². The van der Waals surface area contributed by atoms with Crippen LogP contribution in [0.25, 0.3) is 11.3 Å². The van der Waals surface area contributed by atoms with Crippen LogP contribution in [-0.4, -0.2) is 35.5 Å². The number of aromatic nitrogens is 2. The van der Waals surface area contributed by atoms with Gasteiger partial charge in [-0.15, -0.1) is 0 Å². The summed E-state index contributed by atoms with van der Waals surface area (Å²) in [6.07, 6.45) is 1.09. The predicted octanol–water partition coefficient (Wildman–Crippen LogP) is 5.25. The molecule has 3 aromatic rings. The Bertz CT molecular complexity index is 1060. The van der Waals surface area contributed by atoms with E-state index in [0.717, 1.165) is 12.8 Å². The monoisotopic (exact) mass is 457 g/mol. The molecule has 0 saturated carbocycles. The number of hydrogen-bond donors (Lipinski definition) is 1. The number of nitrogens with one attached hydrogen (secondary N) is 1. The van der Waals surface area contributed by atoms with Crippen LogP contribution in [0.1, 0.15) is 40.0 Å². The molecule has 176 valence electrons. The zero-order valence-corrected chi connectivity index (χ0v) is 19.0. The van der Waals surface area contributed by atoms with E-state index in [0.29, 0.717) is 42.4 Å². The van der Waals surface area contributed by atoms with Gasteiger partial charge in [0, 0.05) is 5.56 Å². The van der Waals surface area contributed by atoms with Gasteiger partial charge in [0.2, 0.25) is 5.82 Å². The van der Waals surface area contributed by atoms with Gasteiger partial charge in [0.15, 0.2) is 34.9 Å². The van der Waals surface area contributed by atoms with Crippen LogP contribution >= 0.6 is 0 Å². The number of para-hydroxylation sites is 1. The number of benzene rings is 2. The van der Waals surface area contributed by atoms with E-state index in [1.165, 1.54) is 12.1 Å². The fourth-order valence-electron chi connectivity index (χ4n) is 2.98. The molecule has 1 aromatic heterocycles. The molecule has 0 radical (unpaired) electrons. The number of carbonyl (C=O) groups is 1. The summed E-state index contributed by atoms with van der Waals surface area (Å²) in [6, 6.07) is 11.3. The highest BCUT2D eigenvalue weighted by atomic mass is 19.1. The molecule has 1 amide bonds. The van der Waals surface area contributed by atoms with E-state index in [2.05, 4.69) is 15.6 Å². The second-order valence-electron chi connectivity index (χ2n) is 7.25. The normalized spacial score (nSPS) is 11.6. The fourth-order valence-corrected chi connectivity index (χ4v) is 2.98. The largest absolute Gasteiger partial charge is 0.490 e. The average Bonchev–Trinajstić information content (AvgIpc) is 3.29. The highest BCUT2D eigenvalue weighted by Gasteiger charge is 2.24. The maximum atomic E-state index is 13.9. The maximum absolute atomic E-state index is 13.9. The summed E-state index contributed by atoms with van der Waals surface area (Å²) in [4.78, 5) is 12.8. The lowest BCUT2D eigenvalue weighted by Gasteiger charge is -2.17. The first kappa shape index (κ1) is 24.0. The Morgan fingerprint density at radius 3 is 2.42 bits per heavy atom. The highest BCUT2D eigenvalue weighted by Crippen LogP contribution is 2.34. The fraction of sp³-hybridized carbons (Fsp3) is 0.375. The van der Waals surface area contributed by atoms with Crippen molar-refractivity contribution in [2.24, 2.45) is 0 Å². The number of carbonyl (C=O) groups excluding carboxylic acids is 1. The number of rotatable bonds is 12. The molecule has 0 aliphatic carbocycles. The van der Waals surface area contributed by atoms with Gasteiger partial charge in [-0.1, -0.05) is 32.9 Å². The molecule has 1 heterocycles. The smallest absolute Gasteiger partial charge is 0.266 e. The van der Waals surface area contributed by atoms with E-state index in [1.54, 1.807) is 37.3 Å². The van der Waals surface area contributed by atoms with Gasteiger partial charge >= 0.3 is 0 Å². The van der Waals surface area contributed by atoms with Crippen molar-refractivity contribution < 1.29 is 28.0 Å². The first-order valence-electron chi connectivity index (χ1n) is 11.0. The third kappa shape index (κ3) is 6.21. The Morgan fingerprint density at radius 1 is 1.00 bits per heavy atom. The third-order valence-electron chi connectivity index (χ3n) is 4.64. The molecule has 0 saturated heterocycles. The Hall–Kier alpha value is -3.62. The Balaban J connectivity index is 1.79. The number of amides is 1. The molecule has 2 aromatic carbocycles. The van der Waals surface area contributed by atoms with Crippen molar-refractivity contribution in [3.63, 3.8) is 0 Å². The van der Waals surface area contributed by atoms with Crippen molar-refractivity contribution in [3.8, 4) is 28.5 Å². The molecule has 9 heteroatoms. The van der Waals surface area contributed by atoms with Crippen molar-refractivity contribution in [1.29, 1.82) is 0 Å². The topological polar surface area (TPSA) is 95.7 Å². The lowest BCUT2D eigenvalue weighted by atomic mass is 10.1. The number of ether oxygens (including phenoxy) is 3. The van der Waals surface area contributed by atoms with Gasteiger partial charge in [-0.25, -0.2) is 9.02 Å². The SMILES string of the molecule is CCCOc1ccc(-c2nonc2NC(=O)C(CC)Oc2ccccc2F)cc1OCCC. The molecule has 1 atom stereocenters. The minimum atomic E-state index is -0.931. The van der Waals surface area contributed by atoms with Crippen LogP contribution in [0.5, 0.6) is 17.2 Å². The van der Waals surface area contributed by atoms with Crippen LogP contribution in [0.2, 0.25) is 0 Å². The van der Waals surface area contributed by atoms with Crippen LogP contribution in [0.15, 0.2) is 47.1 Å². The van der Waals surface area contributed by atoms with Crippen LogP contribution in [0.3, 0.4) is 0 Å². The summed E-state index contributed by atoms with van der Waals surface area (Å²) in [7, 11) is 0. The molecule has 0 aliphatic heterocycles. The molecule has 3 rings (SSSR count). The lowest BCUT2D eigenvalue weighted by Crippen LogP contribution is -2.32.